The van der Waals surface area contributed by atoms with Crippen molar-refractivity contribution < 1.29 is 9.90 Å². The molecule has 0 atom stereocenters. The van der Waals surface area contributed by atoms with Crippen LogP contribution in [0.15, 0.2) is 18.2 Å². The molecule has 0 amide bonds. The van der Waals surface area contributed by atoms with Gasteiger partial charge < -0.3 is 5.11 Å². The number of benzene rings is 1. The molecule has 0 heterocycles. The Hall–Kier alpha value is -1.06. The summed E-state index contributed by atoms with van der Waals surface area (Å²) in [5, 5.41) is 9.59. The van der Waals surface area contributed by atoms with Gasteiger partial charge in [0, 0.05) is 11.6 Å². The highest BCUT2D eigenvalue weighted by molar-refractivity contribution is 6.31. The van der Waals surface area contributed by atoms with Crippen LogP contribution in [0.1, 0.15) is 29.8 Å². The van der Waals surface area contributed by atoms with Gasteiger partial charge >= 0.3 is 5.97 Å². The summed E-state index contributed by atoms with van der Waals surface area (Å²) in [5.74, 6) is -0.926. The van der Waals surface area contributed by atoms with Crippen LogP contribution in [0.5, 0.6) is 0 Å². The normalized spacial score (nSPS) is 10.8. The van der Waals surface area contributed by atoms with Crippen molar-refractivity contribution in [2.45, 2.75) is 20.4 Å². The van der Waals surface area contributed by atoms with Crippen LogP contribution in [-0.4, -0.2) is 29.1 Å². The summed E-state index contributed by atoms with van der Waals surface area (Å²) in [6, 6.07) is 4.98. The molecule has 4 heteroatoms. The van der Waals surface area contributed by atoms with Gasteiger partial charge in [-0.05, 0) is 30.8 Å². The Balaban J connectivity index is 3.05. The molecule has 0 aliphatic carbocycles. The fourth-order valence-electron chi connectivity index (χ4n) is 1.59. The third-order valence-electron chi connectivity index (χ3n) is 2.63. The lowest BCUT2D eigenvalue weighted by Gasteiger charge is -2.19. The fraction of sp³-hybridized carbons (Fsp3) is 0.417. The number of nitrogens with zero attached hydrogens (tertiary/aromatic N) is 1. The molecule has 0 bridgehead atoms. The van der Waals surface area contributed by atoms with E-state index in [1.54, 1.807) is 18.2 Å². The standard InChI is InChI=1S/C12H16ClNO2/c1-3-14(4-2)8-10-9(12(15)16)6-5-7-11(10)13/h5-7H,3-4,8H2,1-2H3,(H,15,16). The van der Waals surface area contributed by atoms with E-state index in [4.69, 9.17) is 16.7 Å². The van der Waals surface area contributed by atoms with E-state index in [2.05, 4.69) is 4.90 Å². The lowest BCUT2D eigenvalue weighted by molar-refractivity contribution is 0.0694. The zero-order valence-corrected chi connectivity index (χ0v) is 10.3. The zero-order chi connectivity index (χ0) is 12.1. The summed E-state index contributed by atoms with van der Waals surface area (Å²) in [7, 11) is 0. The van der Waals surface area contributed by atoms with Crippen molar-refractivity contribution >= 4 is 17.6 Å². The lowest BCUT2D eigenvalue weighted by atomic mass is 10.1. The smallest absolute Gasteiger partial charge is 0.336 e. The quantitative estimate of drug-likeness (QED) is 0.862. The Morgan fingerprint density at radius 3 is 2.50 bits per heavy atom. The van der Waals surface area contributed by atoms with E-state index in [9.17, 15) is 4.79 Å². The molecule has 0 fully saturated rings. The van der Waals surface area contributed by atoms with Crippen LogP contribution in [0, 0.1) is 0 Å². The Bertz CT molecular complexity index is 375. The third-order valence-corrected chi connectivity index (χ3v) is 2.98. The number of aromatic carboxylic acids is 1. The van der Waals surface area contributed by atoms with Gasteiger partial charge in [0.1, 0.15) is 0 Å². The molecule has 16 heavy (non-hydrogen) atoms. The van der Waals surface area contributed by atoms with Gasteiger partial charge in [0.05, 0.1) is 5.56 Å². The van der Waals surface area contributed by atoms with Crippen LogP contribution < -0.4 is 0 Å². The van der Waals surface area contributed by atoms with Gasteiger partial charge in [0.2, 0.25) is 0 Å². The SMILES string of the molecule is CCN(CC)Cc1c(Cl)cccc1C(=O)O. The average molecular weight is 242 g/mol. The molecule has 0 saturated carbocycles. The minimum atomic E-state index is -0.926. The summed E-state index contributed by atoms with van der Waals surface area (Å²) >= 11 is 6.04. The highest BCUT2D eigenvalue weighted by Gasteiger charge is 2.14. The molecule has 88 valence electrons. The number of hydrogen-bond acceptors (Lipinski definition) is 2. The van der Waals surface area contributed by atoms with E-state index in [1.807, 2.05) is 13.8 Å². The minimum absolute atomic E-state index is 0.291. The number of rotatable bonds is 5. The predicted molar refractivity (Wildman–Crippen MR) is 65.0 cm³/mol. The summed E-state index contributed by atoms with van der Waals surface area (Å²) in [4.78, 5) is 13.2. The van der Waals surface area contributed by atoms with Crippen molar-refractivity contribution in [1.82, 2.24) is 4.90 Å². The van der Waals surface area contributed by atoms with Crippen LogP contribution in [0.2, 0.25) is 5.02 Å². The van der Waals surface area contributed by atoms with Crippen LogP contribution in [-0.2, 0) is 6.54 Å². The van der Waals surface area contributed by atoms with Gasteiger partial charge in [-0.1, -0.05) is 31.5 Å². The first kappa shape index (κ1) is 13.0. The molecule has 1 N–H and O–H groups in total. The molecule has 0 radical (unpaired) electrons. The lowest BCUT2D eigenvalue weighted by Crippen LogP contribution is -2.23. The van der Waals surface area contributed by atoms with Gasteiger partial charge in [-0.25, -0.2) is 4.79 Å². The van der Waals surface area contributed by atoms with Crippen LogP contribution in [0.4, 0.5) is 0 Å². The highest BCUT2D eigenvalue weighted by Crippen LogP contribution is 2.21. The molecule has 1 aromatic carbocycles. The first-order chi connectivity index (χ1) is 7.60. The summed E-state index contributed by atoms with van der Waals surface area (Å²) in [5.41, 5.74) is 0.986. The second-order valence-electron chi connectivity index (χ2n) is 3.53. The van der Waals surface area contributed by atoms with E-state index in [1.165, 1.54) is 0 Å². The molecule has 0 aliphatic rings. The summed E-state index contributed by atoms with van der Waals surface area (Å²) in [6.07, 6.45) is 0. The molecular formula is C12H16ClNO2. The Kier molecular flexibility index (Phi) is 4.77. The van der Waals surface area contributed by atoms with Crippen molar-refractivity contribution in [3.05, 3.63) is 34.3 Å². The third kappa shape index (κ3) is 2.97. The zero-order valence-electron chi connectivity index (χ0n) is 9.53. The van der Waals surface area contributed by atoms with Gasteiger partial charge in [-0.2, -0.15) is 0 Å². The van der Waals surface area contributed by atoms with Crippen molar-refractivity contribution in [3.8, 4) is 0 Å². The van der Waals surface area contributed by atoms with E-state index < -0.39 is 5.97 Å². The van der Waals surface area contributed by atoms with Gasteiger partial charge in [-0.15, -0.1) is 0 Å². The van der Waals surface area contributed by atoms with Gasteiger partial charge in [0.15, 0.2) is 0 Å². The molecule has 0 saturated heterocycles. The Labute approximate surface area is 101 Å². The van der Waals surface area contributed by atoms with E-state index in [-0.39, 0.29) is 0 Å². The minimum Gasteiger partial charge on any atom is -0.478 e. The number of halogens is 1. The maximum atomic E-state index is 11.1. The maximum Gasteiger partial charge on any atom is 0.336 e. The van der Waals surface area contributed by atoms with Crippen molar-refractivity contribution in [2.24, 2.45) is 0 Å². The molecule has 3 nitrogen and oxygen atoms in total. The molecule has 1 aromatic rings. The van der Waals surface area contributed by atoms with Gasteiger partial charge in [-0.3, -0.25) is 4.90 Å². The number of carboxylic acids is 1. The van der Waals surface area contributed by atoms with Crippen LogP contribution >= 0.6 is 11.6 Å². The van der Waals surface area contributed by atoms with Crippen LogP contribution in [0.25, 0.3) is 0 Å². The second-order valence-corrected chi connectivity index (χ2v) is 3.94. The molecular weight excluding hydrogens is 226 g/mol. The predicted octanol–water partition coefficient (Wildman–Crippen LogP) is 2.88. The largest absolute Gasteiger partial charge is 0.478 e. The van der Waals surface area contributed by atoms with Crippen molar-refractivity contribution in [2.75, 3.05) is 13.1 Å². The number of hydrogen-bond donors (Lipinski definition) is 1. The van der Waals surface area contributed by atoms with Crippen LogP contribution in [0.3, 0.4) is 0 Å². The number of carbonyl (C=O) groups is 1. The second kappa shape index (κ2) is 5.87. The first-order valence-electron chi connectivity index (χ1n) is 5.33. The van der Waals surface area contributed by atoms with Crippen molar-refractivity contribution in [3.63, 3.8) is 0 Å². The topological polar surface area (TPSA) is 40.5 Å². The van der Waals surface area contributed by atoms with Gasteiger partial charge in [0.25, 0.3) is 0 Å². The first-order valence-corrected chi connectivity index (χ1v) is 5.71. The Morgan fingerprint density at radius 1 is 1.38 bits per heavy atom. The fourth-order valence-corrected chi connectivity index (χ4v) is 1.82. The Morgan fingerprint density at radius 2 is 2.00 bits per heavy atom. The average Bonchev–Trinajstić information content (AvgIpc) is 2.27. The molecule has 0 aromatic heterocycles. The highest BCUT2D eigenvalue weighted by atomic mass is 35.5. The van der Waals surface area contributed by atoms with E-state index >= 15 is 0 Å². The summed E-state index contributed by atoms with van der Waals surface area (Å²) < 4.78 is 0. The van der Waals surface area contributed by atoms with E-state index in [0.29, 0.717) is 22.7 Å². The monoisotopic (exact) mass is 241 g/mol. The number of carboxylic acid groups (broad SMARTS) is 1. The maximum absolute atomic E-state index is 11.1. The molecule has 0 unspecified atom stereocenters. The molecule has 0 aliphatic heterocycles. The summed E-state index contributed by atoms with van der Waals surface area (Å²) in [6.45, 7) is 6.41. The molecule has 0 spiro atoms. The van der Waals surface area contributed by atoms with Crippen molar-refractivity contribution in [1.29, 1.82) is 0 Å². The van der Waals surface area contributed by atoms with E-state index in [0.717, 1.165) is 13.1 Å². The molecule has 1 rings (SSSR count).